The Morgan fingerprint density at radius 3 is 2.21 bits per heavy atom. The lowest BCUT2D eigenvalue weighted by Gasteiger charge is -2.37. The van der Waals surface area contributed by atoms with E-state index in [1.165, 1.54) is 24.8 Å². The second-order valence-electron chi connectivity index (χ2n) is 7.64. The molecule has 3 atom stereocenters. The maximum Gasteiger partial charge on any atom is 0.0869 e. The highest BCUT2D eigenvalue weighted by molar-refractivity contribution is 6.91. The molecule has 1 aliphatic rings. The Morgan fingerprint density at radius 2 is 1.58 bits per heavy atom. The van der Waals surface area contributed by atoms with Gasteiger partial charge in [-0.2, -0.15) is 0 Å². The number of benzene rings is 2. The minimum atomic E-state index is -1.63. The van der Waals surface area contributed by atoms with E-state index in [2.05, 4.69) is 80.7 Å². The summed E-state index contributed by atoms with van der Waals surface area (Å²) in [6, 6.07) is 22.2. The molecule has 128 valence electrons. The number of unbranched alkanes of at least 4 members (excludes halogenated alkanes) is 1. The molecule has 1 aliphatic heterocycles. The van der Waals surface area contributed by atoms with Crippen LogP contribution in [0.3, 0.4) is 0 Å². The monoisotopic (exact) mass is 338 g/mol. The molecule has 24 heavy (non-hydrogen) atoms. The van der Waals surface area contributed by atoms with Crippen molar-refractivity contribution in [2.45, 2.75) is 56.8 Å². The lowest BCUT2D eigenvalue weighted by Crippen LogP contribution is -2.50. The molecule has 1 fully saturated rings. The summed E-state index contributed by atoms with van der Waals surface area (Å²) in [7, 11) is -1.63. The number of hydrogen-bond acceptors (Lipinski definition) is 1. The first-order valence-corrected chi connectivity index (χ1v) is 12.4. The molecular formula is C22H30OSi. The maximum atomic E-state index is 6.38. The topological polar surface area (TPSA) is 9.23 Å². The van der Waals surface area contributed by atoms with Gasteiger partial charge >= 0.3 is 0 Å². The zero-order valence-corrected chi connectivity index (χ0v) is 16.2. The van der Waals surface area contributed by atoms with Gasteiger partial charge < -0.3 is 4.74 Å². The molecule has 0 saturated carbocycles. The first-order valence-electron chi connectivity index (χ1n) is 9.36. The van der Waals surface area contributed by atoms with Gasteiger partial charge in [0.2, 0.25) is 0 Å². The van der Waals surface area contributed by atoms with Gasteiger partial charge in [0, 0.05) is 5.92 Å². The molecule has 0 aromatic heterocycles. The highest BCUT2D eigenvalue weighted by atomic mass is 28.3. The second-order valence-corrected chi connectivity index (χ2v) is 12.3. The van der Waals surface area contributed by atoms with Crippen molar-refractivity contribution in [2.75, 3.05) is 6.61 Å². The molecule has 0 aliphatic carbocycles. The lowest BCUT2D eigenvalue weighted by molar-refractivity contribution is 0.100. The van der Waals surface area contributed by atoms with E-state index in [1.54, 1.807) is 5.19 Å². The molecule has 1 nitrogen and oxygen atoms in total. The number of hydrogen-bond donors (Lipinski definition) is 0. The van der Waals surface area contributed by atoms with E-state index in [-0.39, 0.29) is 0 Å². The minimum absolute atomic E-state index is 0.414. The summed E-state index contributed by atoms with van der Waals surface area (Å²) in [5.74, 6) is 0.537. The van der Waals surface area contributed by atoms with Crippen LogP contribution >= 0.6 is 0 Å². The summed E-state index contributed by atoms with van der Waals surface area (Å²) in [6.45, 7) is 8.23. The van der Waals surface area contributed by atoms with Crippen LogP contribution in [-0.4, -0.2) is 20.8 Å². The van der Waals surface area contributed by atoms with E-state index < -0.39 is 8.07 Å². The Balaban J connectivity index is 1.96. The van der Waals surface area contributed by atoms with Crippen LogP contribution in [0.15, 0.2) is 60.7 Å². The van der Waals surface area contributed by atoms with Crippen molar-refractivity contribution in [3.8, 4) is 0 Å². The van der Waals surface area contributed by atoms with Crippen LogP contribution in [0.1, 0.15) is 37.7 Å². The average Bonchev–Trinajstić information content (AvgIpc) is 3.06. The van der Waals surface area contributed by atoms with Crippen molar-refractivity contribution in [1.82, 2.24) is 0 Å². The van der Waals surface area contributed by atoms with E-state index in [0.717, 1.165) is 6.61 Å². The van der Waals surface area contributed by atoms with Crippen molar-refractivity contribution in [3.63, 3.8) is 0 Å². The molecule has 0 spiro atoms. The Hall–Kier alpha value is -1.38. The summed E-state index contributed by atoms with van der Waals surface area (Å²) in [6.07, 6.45) is 4.13. The Bertz CT molecular complexity index is 623. The molecule has 3 rings (SSSR count). The molecule has 2 aromatic carbocycles. The zero-order chi connectivity index (χ0) is 17.0. The summed E-state index contributed by atoms with van der Waals surface area (Å²) in [5.41, 5.74) is 2.10. The summed E-state index contributed by atoms with van der Waals surface area (Å²) >= 11 is 0. The third-order valence-corrected chi connectivity index (χ3v) is 10.0. The van der Waals surface area contributed by atoms with Crippen molar-refractivity contribution < 1.29 is 4.74 Å². The van der Waals surface area contributed by atoms with Gasteiger partial charge in [0.15, 0.2) is 0 Å². The van der Waals surface area contributed by atoms with Crippen LogP contribution in [-0.2, 0) is 4.74 Å². The van der Waals surface area contributed by atoms with Crippen LogP contribution in [0, 0.1) is 0 Å². The highest BCUT2D eigenvalue weighted by Crippen LogP contribution is 2.47. The maximum absolute atomic E-state index is 6.38. The van der Waals surface area contributed by atoms with E-state index >= 15 is 0 Å². The third-order valence-electron chi connectivity index (χ3n) is 5.74. The standard InChI is InChI=1S/C22H30OSi/c1-4-5-16-21-22(24(2,3)19-14-10-7-11-15-19)20(17-23-21)18-12-8-6-9-13-18/h6-15,20-22H,4-5,16-17H2,1-3H3/t20?,21-,22+/m1/s1. The average molecular weight is 339 g/mol. The Kier molecular flexibility index (Phi) is 5.57. The molecule has 2 heteroatoms. The highest BCUT2D eigenvalue weighted by Gasteiger charge is 2.48. The molecule has 0 amide bonds. The van der Waals surface area contributed by atoms with Crippen molar-refractivity contribution in [1.29, 1.82) is 0 Å². The zero-order valence-electron chi connectivity index (χ0n) is 15.2. The smallest absolute Gasteiger partial charge is 0.0869 e. The fourth-order valence-electron chi connectivity index (χ4n) is 4.39. The van der Waals surface area contributed by atoms with Gasteiger partial charge in [0.05, 0.1) is 20.8 Å². The van der Waals surface area contributed by atoms with Gasteiger partial charge in [0.1, 0.15) is 0 Å². The molecule has 1 heterocycles. The van der Waals surface area contributed by atoms with Gasteiger partial charge in [0.25, 0.3) is 0 Å². The van der Waals surface area contributed by atoms with E-state index in [1.807, 2.05) is 0 Å². The predicted molar refractivity (Wildman–Crippen MR) is 106 cm³/mol. The van der Waals surface area contributed by atoms with Gasteiger partial charge in [-0.25, -0.2) is 0 Å². The van der Waals surface area contributed by atoms with Crippen molar-refractivity contribution in [3.05, 3.63) is 66.2 Å². The van der Waals surface area contributed by atoms with E-state index in [9.17, 15) is 0 Å². The number of rotatable bonds is 6. The molecule has 0 N–H and O–H groups in total. The second kappa shape index (κ2) is 7.67. The molecular weight excluding hydrogens is 308 g/mol. The largest absolute Gasteiger partial charge is 0.378 e. The normalized spacial score (nSPS) is 24.2. The fraction of sp³-hybridized carbons (Fsp3) is 0.455. The van der Waals surface area contributed by atoms with Gasteiger partial charge in [-0.1, -0.05) is 98.7 Å². The number of ether oxygens (including phenoxy) is 1. The van der Waals surface area contributed by atoms with Crippen LogP contribution in [0.5, 0.6) is 0 Å². The lowest BCUT2D eigenvalue weighted by atomic mass is 9.94. The summed E-state index contributed by atoms with van der Waals surface area (Å²) in [4.78, 5) is 0. The van der Waals surface area contributed by atoms with Gasteiger partial charge in [-0.05, 0) is 17.5 Å². The third kappa shape index (κ3) is 3.50. The van der Waals surface area contributed by atoms with E-state index in [4.69, 9.17) is 4.74 Å². The first-order chi connectivity index (χ1) is 11.6. The Morgan fingerprint density at radius 1 is 0.958 bits per heavy atom. The van der Waals surface area contributed by atoms with Crippen LogP contribution in [0.25, 0.3) is 0 Å². The van der Waals surface area contributed by atoms with Gasteiger partial charge in [-0.3, -0.25) is 0 Å². The van der Waals surface area contributed by atoms with Crippen LogP contribution < -0.4 is 5.19 Å². The molecule has 0 bridgehead atoms. The molecule has 2 aromatic rings. The predicted octanol–water partition coefficient (Wildman–Crippen LogP) is 5.35. The van der Waals surface area contributed by atoms with Gasteiger partial charge in [-0.15, -0.1) is 0 Å². The van der Waals surface area contributed by atoms with Crippen molar-refractivity contribution >= 4 is 13.3 Å². The van der Waals surface area contributed by atoms with E-state index in [0.29, 0.717) is 17.6 Å². The quantitative estimate of drug-likeness (QED) is 0.646. The van der Waals surface area contributed by atoms with Crippen LogP contribution in [0.2, 0.25) is 18.6 Å². The molecule has 1 saturated heterocycles. The minimum Gasteiger partial charge on any atom is -0.378 e. The van der Waals surface area contributed by atoms with Crippen molar-refractivity contribution in [2.24, 2.45) is 0 Å². The van der Waals surface area contributed by atoms with Crippen LogP contribution in [0.4, 0.5) is 0 Å². The molecule has 1 unspecified atom stereocenters. The first kappa shape index (κ1) is 17.4. The molecule has 0 radical (unpaired) electrons. The fourth-order valence-corrected chi connectivity index (χ4v) is 8.32. The summed E-state index contributed by atoms with van der Waals surface area (Å²) in [5, 5.41) is 1.56. The Labute approximate surface area is 148 Å². The SMILES string of the molecule is CCCC[C@H]1OCC(c2ccccc2)[C@@H]1[Si](C)(C)c1ccccc1. The summed E-state index contributed by atoms with van der Waals surface area (Å²) < 4.78 is 6.38.